The number of aliphatic hydroxyl groups excluding tert-OH is 2. The van der Waals surface area contributed by atoms with E-state index in [0.29, 0.717) is 25.0 Å². The van der Waals surface area contributed by atoms with E-state index in [1.165, 1.54) is 18.2 Å². The molecule has 0 saturated carbocycles. The first-order valence-corrected chi connectivity index (χ1v) is 13.7. The number of aryl methyl sites for hydroxylation is 1. The summed E-state index contributed by atoms with van der Waals surface area (Å²) < 4.78 is 27.9. The zero-order valence-corrected chi connectivity index (χ0v) is 23.5. The number of esters is 2. The molecule has 0 aromatic heterocycles. The molecule has 2 aromatic rings. The summed E-state index contributed by atoms with van der Waals surface area (Å²) in [6.45, 7) is 2.89. The minimum Gasteiger partial charge on any atom is -0.507 e. The van der Waals surface area contributed by atoms with Gasteiger partial charge in [0, 0.05) is 19.3 Å². The van der Waals surface area contributed by atoms with Crippen LogP contribution in [0.25, 0.3) is 0 Å². The van der Waals surface area contributed by atoms with Gasteiger partial charge in [-0.25, -0.2) is 0 Å². The highest BCUT2D eigenvalue weighted by molar-refractivity contribution is 6.01. The number of phenolic OH excluding ortho intramolecular Hbond substituents is 1. The van der Waals surface area contributed by atoms with Crippen LogP contribution in [0, 0.1) is 0 Å². The molecule has 0 radical (unpaired) electrons. The Kier molecular flexibility index (Phi) is 11.9. The third-order valence-electron chi connectivity index (χ3n) is 6.57. The fraction of sp³-hybridized carbons (Fsp3) is 0.500. The molecule has 1 heterocycles. The molecule has 1 aliphatic rings. The average molecular weight is 575 g/mol. The summed E-state index contributed by atoms with van der Waals surface area (Å²) in [5.74, 6) is -1.43. The Bertz CT molecular complexity index is 1160. The third-order valence-corrected chi connectivity index (χ3v) is 6.57. The van der Waals surface area contributed by atoms with Crippen molar-refractivity contribution in [1.82, 2.24) is 0 Å². The maximum atomic E-state index is 13.3. The molecule has 11 nitrogen and oxygen atoms in total. The van der Waals surface area contributed by atoms with Crippen molar-refractivity contribution in [3.8, 4) is 17.2 Å². The van der Waals surface area contributed by atoms with Crippen molar-refractivity contribution in [2.75, 3.05) is 13.7 Å². The summed E-state index contributed by atoms with van der Waals surface area (Å²) in [4.78, 5) is 38.2. The Morgan fingerprint density at radius 2 is 1.54 bits per heavy atom. The standard InChI is InChI=1S/C30H38O11/c1-4-7-24(34)40-28-27(36)23(17-31)39-30(29(28)41-25(35)8-5-2)38-22-10-6-9-20(32)26(22)21(33)16-13-18-11-14-19(37-3)15-12-18/h6,9-12,14-15,23,27-32,36H,4-5,7-8,13,16-17H2,1-3H3/t23-,27-,28+,29-,30-/m1/s1. The topological polar surface area (TPSA) is 158 Å². The third kappa shape index (κ3) is 8.42. The number of methoxy groups -OCH3 is 1. The van der Waals surface area contributed by atoms with Crippen molar-refractivity contribution in [1.29, 1.82) is 0 Å². The molecule has 5 atom stereocenters. The molecular formula is C30H38O11. The van der Waals surface area contributed by atoms with Gasteiger partial charge in [0.1, 0.15) is 35.0 Å². The number of carbonyl (C=O) groups excluding carboxylic acids is 3. The lowest BCUT2D eigenvalue weighted by molar-refractivity contribution is -0.285. The number of hydrogen-bond acceptors (Lipinski definition) is 11. The first kappa shape index (κ1) is 31.9. The molecule has 3 N–H and O–H groups in total. The molecule has 1 fully saturated rings. The summed E-state index contributed by atoms with van der Waals surface area (Å²) in [5.41, 5.74) is 0.765. The molecule has 1 aliphatic heterocycles. The molecule has 41 heavy (non-hydrogen) atoms. The number of Topliss-reactive ketones (excluding diaryl/α,β-unsaturated/α-hetero) is 1. The highest BCUT2D eigenvalue weighted by Gasteiger charge is 2.51. The van der Waals surface area contributed by atoms with Gasteiger partial charge in [0.25, 0.3) is 0 Å². The minimum absolute atomic E-state index is 0.0376. The molecule has 0 unspecified atom stereocenters. The lowest BCUT2D eigenvalue weighted by Gasteiger charge is -2.42. The second-order valence-electron chi connectivity index (χ2n) is 9.66. The van der Waals surface area contributed by atoms with Crippen molar-refractivity contribution in [3.05, 3.63) is 53.6 Å². The fourth-order valence-electron chi connectivity index (χ4n) is 4.42. The molecule has 11 heteroatoms. The number of aliphatic hydroxyl groups is 2. The van der Waals surface area contributed by atoms with E-state index in [9.17, 15) is 29.7 Å². The van der Waals surface area contributed by atoms with Gasteiger partial charge < -0.3 is 39.0 Å². The van der Waals surface area contributed by atoms with Gasteiger partial charge in [0.2, 0.25) is 12.4 Å². The molecule has 1 saturated heterocycles. The lowest BCUT2D eigenvalue weighted by Crippen LogP contribution is -2.62. The molecule has 3 rings (SSSR count). The van der Waals surface area contributed by atoms with Gasteiger partial charge in [-0.15, -0.1) is 0 Å². The zero-order chi connectivity index (χ0) is 29.9. The van der Waals surface area contributed by atoms with Gasteiger partial charge in [-0.1, -0.05) is 32.0 Å². The van der Waals surface area contributed by atoms with E-state index < -0.39 is 55.0 Å². The van der Waals surface area contributed by atoms with Crippen LogP contribution >= 0.6 is 0 Å². The number of carbonyl (C=O) groups is 3. The molecule has 224 valence electrons. The number of benzene rings is 2. The first-order chi connectivity index (χ1) is 19.7. The van der Waals surface area contributed by atoms with Crippen molar-refractivity contribution in [3.63, 3.8) is 0 Å². The van der Waals surface area contributed by atoms with Gasteiger partial charge in [-0.2, -0.15) is 0 Å². The molecular weight excluding hydrogens is 536 g/mol. The number of phenols is 1. The number of ketones is 1. The van der Waals surface area contributed by atoms with E-state index in [4.69, 9.17) is 23.7 Å². The summed E-state index contributed by atoms with van der Waals surface area (Å²) in [5, 5.41) is 31.3. The molecule has 2 aromatic carbocycles. The van der Waals surface area contributed by atoms with Crippen LogP contribution < -0.4 is 9.47 Å². The van der Waals surface area contributed by atoms with Crippen molar-refractivity contribution in [2.24, 2.45) is 0 Å². The lowest BCUT2D eigenvalue weighted by atomic mass is 9.98. The Balaban J connectivity index is 1.89. The zero-order valence-electron chi connectivity index (χ0n) is 23.5. The van der Waals surface area contributed by atoms with Gasteiger partial charge in [0.15, 0.2) is 11.9 Å². The van der Waals surface area contributed by atoms with Crippen LogP contribution in [-0.4, -0.2) is 77.5 Å². The molecule has 0 spiro atoms. The maximum Gasteiger partial charge on any atom is 0.306 e. The summed E-state index contributed by atoms with van der Waals surface area (Å²) in [6, 6.07) is 11.5. The van der Waals surface area contributed by atoms with E-state index in [1.54, 1.807) is 33.1 Å². The van der Waals surface area contributed by atoms with Crippen LogP contribution in [0.5, 0.6) is 17.2 Å². The van der Waals surface area contributed by atoms with Crippen LogP contribution in [0.15, 0.2) is 42.5 Å². The van der Waals surface area contributed by atoms with Gasteiger partial charge in [-0.05, 0) is 49.1 Å². The van der Waals surface area contributed by atoms with Gasteiger partial charge in [0.05, 0.1) is 13.7 Å². The van der Waals surface area contributed by atoms with Crippen molar-refractivity contribution < 1.29 is 53.4 Å². The number of aromatic hydroxyl groups is 1. The Morgan fingerprint density at radius 1 is 0.902 bits per heavy atom. The van der Waals surface area contributed by atoms with Crippen LogP contribution in [0.3, 0.4) is 0 Å². The largest absolute Gasteiger partial charge is 0.507 e. The Labute approximate surface area is 238 Å². The van der Waals surface area contributed by atoms with E-state index >= 15 is 0 Å². The summed E-state index contributed by atoms with van der Waals surface area (Å²) >= 11 is 0. The Hall–Kier alpha value is -3.67. The Morgan fingerprint density at radius 3 is 2.12 bits per heavy atom. The van der Waals surface area contributed by atoms with Crippen LogP contribution in [-0.2, 0) is 30.2 Å². The quantitative estimate of drug-likeness (QED) is 0.225. The number of rotatable bonds is 14. The van der Waals surface area contributed by atoms with Gasteiger partial charge in [-0.3, -0.25) is 14.4 Å². The average Bonchev–Trinajstić information content (AvgIpc) is 2.95. The SMILES string of the molecule is CCCC(=O)O[C@H]1[C@H](Oc2cccc(O)c2C(=O)CCc2ccc(OC)cc2)O[C@H](CO)[C@@H](O)[C@@H]1OC(=O)CCC. The fourth-order valence-corrected chi connectivity index (χ4v) is 4.42. The molecule has 0 amide bonds. The highest BCUT2D eigenvalue weighted by Crippen LogP contribution is 2.34. The van der Waals surface area contributed by atoms with E-state index in [2.05, 4.69) is 0 Å². The van der Waals surface area contributed by atoms with Crippen molar-refractivity contribution >= 4 is 17.7 Å². The predicted molar refractivity (Wildman–Crippen MR) is 146 cm³/mol. The maximum absolute atomic E-state index is 13.3. The number of hydrogen-bond donors (Lipinski definition) is 3. The smallest absolute Gasteiger partial charge is 0.306 e. The van der Waals surface area contributed by atoms with Crippen LogP contribution in [0.2, 0.25) is 0 Å². The highest BCUT2D eigenvalue weighted by atomic mass is 16.7. The number of ether oxygens (including phenoxy) is 5. The van der Waals surface area contributed by atoms with Crippen LogP contribution in [0.1, 0.15) is 61.9 Å². The predicted octanol–water partition coefficient (Wildman–Crippen LogP) is 3.10. The monoisotopic (exact) mass is 574 g/mol. The van der Waals surface area contributed by atoms with E-state index in [1.807, 2.05) is 12.1 Å². The van der Waals surface area contributed by atoms with E-state index in [-0.39, 0.29) is 36.3 Å². The van der Waals surface area contributed by atoms with Crippen LogP contribution in [0.4, 0.5) is 0 Å². The van der Waals surface area contributed by atoms with Crippen molar-refractivity contribution in [2.45, 2.75) is 83.1 Å². The summed E-state index contributed by atoms with van der Waals surface area (Å²) in [7, 11) is 1.56. The second-order valence-corrected chi connectivity index (χ2v) is 9.66. The normalized spacial score (nSPS) is 22.0. The first-order valence-electron chi connectivity index (χ1n) is 13.7. The molecule has 0 bridgehead atoms. The summed E-state index contributed by atoms with van der Waals surface area (Å²) in [6.07, 6.45) is -5.68. The van der Waals surface area contributed by atoms with Gasteiger partial charge >= 0.3 is 11.9 Å². The second kappa shape index (κ2) is 15.4. The minimum atomic E-state index is -1.53. The molecule has 0 aliphatic carbocycles. The van der Waals surface area contributed by atoms with E-state index in [0.717, 1.165) is 5.56 Å².